The van der Waals surface area contributed by atoms with E-state index in [0.29, 0.717) is 17.3 Å². The third kappa shape index (κ3) is 1.63. The second-order valence-corrected chi connectivity index (χ2v) is 3.15. The number of methoxy groups -OCH3 is 1. The van der Waals surface area contributed by atoms with Crippen LogP contribution in [0, 0.1) is 0 Å². The fourth-order valence-electron chi connectivity index (χ4n) is 1.44. The summed E-state index contributed by atoms with van der Waals surface area (Å²) < 4.78 is 5.14. The van der Waals surface area contributed by atoms with Crippen molar-refractivity contribution in [2.45, 2.75) is 6.42 Å². The molecule has 0 radical (unpaired) electrons. The molecule has 0 bridgehead atoms. The molecule has 0 atom stereocenters. The van der Waals surface area contributed by atoms with Crippen LogP contribution >= 0.6 is 0 Å². The molecule has 1 amide bonds. The van der Waals surface area contributed by atoms with Crippen molar-refractivity contribution in [2.24, 2.45) is 10.8 Å². The number of nitrogens with zero attached hydrogens (tertiary/aromatic N) is 2. The molecule has 1 aliphatic rings. The summed E-state index contributed by atoms with van der Waals surface area (Å²) in [6.45, 7) is 0. The zero-order valence-electron chi connectivity index (χ0n) is 8.30. The second kappa shape index (κ2) is 3.61. The summed E-state index contributed by atoms with van der Waals surface area (Å²) in [6, 6.07) is 7.18. The number of carbonyl (C=O) groups is 1. The standard InChI is InChI=1S/C10H11N3O2/c1-15-8-5-3-2-4-7(8)13-10(14)6-9(11)12-13/h2-5H,6H2,1H3,(H2,11,12). The Morgan fingerprint density at radius 2 is 2.20 bits per heavy atom. The van der Waals surface area contributed by atoms with Crippen LogP contribution in [0.4, 0.5) is 5.69 Å². The van der Waals surface area contributed by atoms with Crippen LogP contribution in [-0.2, 0) is 4.79 Å². The predicted octanol–water partition coefficient (Wildman–Crippen LogP) is 0.704. The van der Waals surface area contributed by atoms with Crippen LogP contribution in [0.3, 0.4) is 0 Å². The van der Waals surface area contributed by atoms with E-state index >= 15 is 0 Å². The Morgan fingerprint density at radius 3 is 2.80 bits per heavy atom. The highest BCUT2D eigenvalue weighted by atomic mass is 16.5. The number of hydrogen-bond donors (Lipinski definition) is 1. The van der Waals surface area contributed by atoms with E-state index in [9.17, 15) is 4.79 Å². The van der Waals surface area contributed by atoms with Crippen molar-refractivity contribution in [2.75, 3.05) is 12.1 Å². The lowest BCUT2D eigenvalue weighted by Gasteiger charge is -2.14. The molecule has 15 heavy (non-hydrogen) atoms. The highest BCUT2D eigenvalue weighted by Crippen LogP contribution is 2.29. The summed E-state index contributed by atoms with van der Waals surface area (Å²) in [5, 5.41) is 5.22. The molecule has 5 heteroatoms. The van der Waals surface area contributed by atoms with Crippen molar-refractivity contribution < 1.29 is 9.53 Å². The van der Waals surface area contributed by atoms with Gasteiger partial charge in [-0.25, -0.2) is 0 Å². The number of benzene rings is 1. The maximum atomic E-state index is 11.5. The molecular formula is C10H11N3O2. The van der Waals surface area contributed by atoms with Gasteiger partial charge in [0.1, 0.15) is 17.3 Å². The van der Waals surface area contributed by atoms with Crippen molar-refractivity contribution in [1.29, 1.82) is 0 Å². The summed E-state index contributed by atoms with van der Waals surface area (Å²) in [5.41, 5.74) is 6.11. The molecule has 1 aromatic rings. The van der Waals surface area contributed by atoms with Crippen LogP contribution in [0.15, 0.2) is 29.4 Å². The van der Waals surface area contributed by atoms with Gasteiger partial charge in [-0.2, -0.15) is 10.1 Å². The van der Waals surface area contributed by atoms with E-state index in [4.69, 9.17) is 10.5 Å². The third-order valence-corrected chi connectivity index (χ3v) is 2.11. The number of hydrazone groups is 1. The van der Waals surface area contributed by atoms with Crippen LogP contribution in [0.2, 0.25) is 0 Å². The number of amides is 1. The van der Waals surface area contributed by atoms with Gasteiger partial charge in [-0.15, -0.1) is 0 Å². The van der Waals surface area contributed by atoms with Gasteiger partial charge in [0.15, 0.2) is 0 Å². The molecule has 2 N–H and O–H groups in total. The first kappa shape index (κ1) is 9.51. The summed E-state index contributed by atoms with van der Waals surface area (Å²) in [5.74, 6) is 0.784. The molecule has 1 heterocycles. The predicted molar refractivity (Wildman–Crippen MR) is 56.7 cm³/mol. The molecule has 0 saturated heterocycles. The van der Waals surface area contributed by atoms with Crippen LogP contribution in [0.25, 0.3) is 0 Å². The Bertz CT molecular complexity index is 428. The van der Waals surface area contributed by atoms with Gasteiger partial charge >= 0.3 is 0 Å². The summed E-state index contributed by atoms with van der Waals surface area (Å²) in [4.78, 5) is 11.5. The lowest BCUT2D eigenvalue weighted by atomic mass is 10.3. The van der Waals surface area contributed by atoms with Crippen molar-refractivity contribution in [3.63, 3.8) is 0 Å². The maximum Gasteiger partial charge on any atom is 0.255 e. The van der Waals surface area contributed by atoms with E-state index in [2.05, 4.69) is 5.10 Å². The molecule has 0 fully saturated rings. The van der Waals surface area contributed by atoms with Gasteiger partial charge in [0.05, 0.1) is 13.5 Å². The van der Waals surface area contributed by atoms with Crippen LogP contribution in [0.1, 0.15) is 6.42 Å². The molecule has 5 nitrogen and oxygen atoms in total. The average molecular weight is 205 g/mol. The number of nitrogens with two attached hydrogens (primary N) is 1. The second-order valence-electron chi connectivity index (χ2n) is 3.15. The first-order chi connectivity index (χ1) is 7.22. The Kier molecular flexibility index (Phi) is 2.29. The summed E-state index contributed by atoms with van der Waals surface area (Å²) in [6.07, 6.45) is 0.165. The first-order valence-corrected chi connectivity index (χ1v) is 4.51. The van der Waals surface area contributed by atoms with Crippen molar-refractivity contribution in [3.05, 3.63) is 24.3 Å². The van der Waals surface area contributed by atoms with E-state index in [1.165, 1.54) is 5.01 Å². The van der Waals surface area contributed by atoms with Gasteiger partial charge in [0.2, 0.25) is 0 Å². The van der Waals surface area contributed by atoms with Crippen molar-refractivity contribution in [3.8, 4) is 5.75 Å². The largest absolute Gasteiger partial charge is 0.494 e. The lowest BCUT2D eigenvalue weighted by Crippen LogP contribution is -2.20. The van der Waals surface area contributed by atoms with E-state index in [1.54, 1.807) is 19.2 Å². The Labute approximate surface area is 87.1 Å². The highest BCUT2D eigenvalue weighted by molar-refractivity contribution is 6.12. The number of rotatable bonds is 2. The molecule has 0 spiro atoms. The zero-order valence-corrected chi connectivity index (χ0v) is 8.30. The minimum Gasteiger partial charge on any atom is -0.494 e. The number of ether oxygens (including phenoxy) is 1. The van der Waals surface area contributed by atoms with Gasteiger partial charge < -0.3 is 10.5 Å². The SMILES string of the molecule is COc1ccccc1N1N=C(N)CC1=O. The third-order valence-electron chi connectivity index (χ3n) is 2.11. The number of hydrogen-bond acceptors (Lipinski definition) is 4. The van der Waals surface area contributed by atoms with Crippen LogP contribution in [-0.4, -0.2) is 18.9 Å². The normalized spacial score (nSPS) is 15.4. The molecule has 2 rings (SSSR count). The number of anilines is 1. The summed E-state index contributed by atoms with van der Waals surface area (Å²) in [7, 11) is 1.55. The molecular weight excluding hydrogens is 194 g/mol. The van der Waals surface area contributed by atoms with Gasteiger partial charge in [0.25, 0.3) is 5.91 Å². The molecule has 1 aromatic carbocycles. The lowest BCUT2D eigenvalue weighted by molar-refractivity contribution is -0.116. The molecule has 78 valence electrons. The quantitative estimate of drug-likeness (QED) is 0.772. The Hall–Kier alpha value is -2.04. The minimum absolute atomic E-state index is 0.142. The van der Waals surface area contributed by atoms with Crippen LogP contribution < -0.4 is 15.5 Å². The average Bonchev–Trinajstić information content (AvgIpc) is 2.57. The zero-order chi connectivity index (χ0) is 10.8. The summed E-state index contributed by atoms with van der Waals surface area (Å²) >= 11 is 0. The molecule has 0 aromatic heterocycles. The fraction of sp³-hybridized carbons (Fsp3) is 0.200. The first-order valence-electron chi connectivity index (χ1n) is 4.51. The molecule has 0 saturated carbocycles. The number of amidine groups is 1. The topological polar surface area (TPSA) is 67.9 Å². The van der Waals surface area contributed by atoms with Gasteiger partial charge in [-0.3, -0.25) is 4.79 Å². The number of para-hydroxylation sites is 2. The minimum atomic E-state index is -0.142. The highest BCUT2D eigenvalue weighted by Gasteiger charge is 2.25. The Morgan fingerprint density at radius 1 is 1.47 bits per heavy atom. The van der Waals surface area contributed by atoms with E-state index in [1.807, 2.05) is 12.1 Å². The monoisotopic (exact) mass is 205 g/mol. The van der Waals surface area contributed by atoms with E-state index in [0.717, 1.165) is 0 Å². The fourth-order valence-corrected chi connectivity index (χ4v) is 1.44. The van der Waals surface area contributed by atoms with Gasteiger partial charge in [-0.05, 0) is 12.1 Å². The van der Waals surface area contributed by atoms with E-state index in [-0.39, 0.29) is 12.3 Å². The van der Waals surface area contributed by atoms with Crippen LogP contribution in [0.5, 0.6) is 5.75 Å². The Balaban J connectivity index is 2.41. The van der Waals surface area contributed by atoms with Crippen molar-refractivity contribution in [1.82, 2.24) is 0 Å². The smallest absolute Gasteiger partial charge is 0.255 e. The molecule has 0 aliphatic carbocycles. The van der Waals surface area contributed by atoms with Gasteiger partial charge in [0, 0.05) is 0 Å². The van der Waals surface area contributed by atoms with E-state index < -0.39 is 0 Å². The van der Waals surface area contributed by atoms with Crippen molar-refractivity contribution >= 4 is 17.4 Å². The molecule has 1 aliphatic heterocycles. The maximum absolute atomic E-state index is 11.5. The molecule has 0 unspecified atom stereocenters. The number of carbonyl (C=O) groups excluding carboxylic acids is 1. The van der Waals surface area contributed by atoms with Gasteiger partial charge in [-0.1, -0.05) is 12.1 Å².